The number of benzene rings is 1. The van der Waals surface area contributed by atoms with Crippen molar-refractivity contribution in [3.63, 3.8) is 0 Å². The standard InChI is InChI=1S/C19H19F3N2O3/c1-13-4-2-3-11-24(13)18(25)27-16-8-6-15(7-9-16)26-17-10-5-14(12-23-17)19(20,21)22/h5-10,12-13H,2-4,11H2,1H3. The zero-order valence-electron chi connectivity index (χ0n) is 14.7. The fourth-order valence-corrected chi connectivity index (χ4v) is 2.83. The Kier molecular flexibility index (Phi) is 5.53. The van der Waals surface area contributed by atoms with Gasteiger partial charge in [0.2, 0.25) is 5.88 Å². The number of hydrogen-bond donors (Lipinski definition) is 0. The molecule has 0 saturated carbocycles. The van der Waals surface area contributed by atoms with Crippen molar-refractivity contribution in [3.05, 3.63) is 48.2 Å². The number of halogens is 3. The molecular weight excluding hydrogens is 361 g/mol. The van der Waals surface area contributed by atoms with E-state index in [1.807, 2.05) is 6.92 Å². The number of hydrogen-bond acceptors (Lipinski definition) is 4. The van der Waals surface area contributed by atoms with Crippen molar-refractivity contribution < 1.29 is 27.4 Å². The first kappa shape index (κ1) is 19.0. The third-order valence-electron chi connectivity index (χ3n) is 4.35. The van der Waals surface area contributed by atoms with Crippen molar-refractivity contribution in [3.8, 4) is 17.4 Å². The van der Waals surface area contributed by atoms with E-state index in [0.29, 0.717) is 24.2 Å². The number of carbonyl (C=O) groups excluding carboxylic acids is 1. The Morgan fingerprint density at radius 2 is 1.81 bits per heavy atom. The van der Waals surface area contributed by atoms with E-state index in [4.69, 9.17) is 9.47 Å². The predicted octanol–water partition coefficient (Wildman–Crippen LogP) is 5.27. The molecule has 2 heterocycles. The van der Waals surface area contributed by atoms with Crippen molar-refractivity contribution in [1.82, 2.24) is 9.88 Å². The molecule has 1 aliphatic rings. The summed E-state index contributed by atoms with van der Waals surface area (Å²) in [6.45, 7) is 2.68. The molecule has 1 fully saturated rings. The van der Waals surface area contributed by atoms with E-state index >= 15 is 0 Å². The third-order valence-corrected chi connectivity index (χ3v) is 4.35. The van der Waals surface area contributed by atoms with Gasteiger partial charge < -0.3 is 14.4 Å². The SMILES string of the molecule is CC1CCCCN1C(=O)Oc1ccc(Oc2ccc(C(F)(F)F)cn2)cc1. The van der Waals surface area contributed by atoms with Crippen molar-refractivity contribution in [2.24, 2.45) is 0 Å². The Bertz CT molecular complexity index is 776. The molecule has 2 aromatic rings. The van der Waals surface area contributed by atoms with Crippen molar-refractivity contribution >= 4 is 6.09 Å². The highest BCUT2D eigenvalue weighted by Gasteiger charge is 2.30. The lowest BCUT2D eigenvalue weighted by Crippen LogP contribution is -2.43. The number of carbonyl (C=O) groups is 1. The van der Waals surface area contributed by atoms with Crippen molar-refractivity contribution in [2.75, 3.05) is 6.54 Å². The average Bonchev–Trinajstić information content (AvgIpc) is 2.63. The third kappa shape index (κ3) is 4.90. The number of pyridine rings is 1. The van der Waals surface area contributed by atoms with Crippen LogP contribution in [0.4, 0.5) is 18.0 Å². The predicted molar refractivity (Wildman–Crippen MR) is 91.8 cm³/mol. The Hall–Kier alpha value is -2.77. The molecule has 144 valence electrons. The second kappa shape index (κ2) is 7.85. The zero-order chi connectivity index (χ0) is 19.4. The lowest BCUT2D eigenvalue weighted by molar-refractivity contribution is -0.137. The monoisotopic (exact) mass is 380 g/mol. The minimum Gasteiger partial charge on any atom is -0.439 e. The van der Waals surface area contributed by atoms with E-state index in [1.165, 1.54) is 0 Å². The Balaban J connectivity index is 1.59. The molecule has 1 aromatic heterocycles. The quantitative estimate of drug-likeness (QED) is 0.728. The molecule has 1 aliphatic heterocycles. The second-order valence-electron chi connectivity index (χ2n) is 6.36. The molecule has 3 rings (SSSR count). The highest BCUT2D eigenvalue weighted by atomic mass is 19.4. The smallest absolute Gasteiger partial charge is 0.417 e. The summed E-state index contributed by atoms with van der Waals surface area (Å²) in [5, 5.41) is 0. The van der Waals surface area contributed by atoms with Crippen LogP contribution in [0.3, 0.4) is 0 Å². The molecule has 0 N–H and O–H groups in total. The molecule has 1 amide bonds. The molecule has 8 heteroatoms. The average molecular weight is 380 g/mol. The summed E-state index contributed by atoms with van der Waals surface area (Å²) in [5.41, 5.74) is -0.843. The highest BCUT2D eigenvalue weighted by Crippen LogP contribution is 2.30. The molecule has 27 heavy (non-hydrogen) atoms. The van der Waals surface area contributed by atoms with Gasteiger partial charge in [-0.05, 0) is 56.5 Å². The van der Waals surface area contributed by atoms with Crippen molar-refractivity contribution in [2.45, 2.75) is 38.4 Å². The number of ether oxygens (including phenoxy) is 2. The largest absolute Gasteiger partial charge is 0.439 e. The molecule has 1 unspecified atom stereocenters. The number of amides is 1. The van der Waals surface area contributed by atoms with Gasteiger partial charge in [-0.1, -0.05) is 0 Å². The van der Waals surface area contributed by atoms with Gasteiger partial charge in [0, 0.05) is 24.8 Å². The van der Waals surface area contributed by atoms with Gasteiger partial charge in [0.1, 0.15) is 11.5 Å². The maximum atomic E-state index is 12.5. The van der Waals surface area contributed by atoms with Crippen LogP contribution >= 0.6 is 0 Å². The van der Waals surface area contributed by atoms with Crippen LogP contribution in [-0.2, 0) is 6.18 Å². The molecule has 0 radical (unpaired) electrons. The van der Waals surface area contributed by atoms with Gasteiger partial charge in [-0.3, -0.25) is 0 Å². The normalized spacial score (nSPS) is 17.5. The number of alkyl halides is 3. The first-order valence-corrected chi connectivity index (χ1v) is 8.62. The Morgan fingerprint density at radius 1 is 1.11 bits per heavy atom. The zero-order valence-corrected chi connectivity index (χ0v) is 14.7. The van der Waals surface area contributed by atoms with Crippen LogP contribution in [0.5, 0.6) is 17.4 Å². The lowest BCUT2D eigenvalue weighted by Gasteiger charge is -2.32. The summed E-state index contributed by atoms with van der Waals surface area (Å²) in [4.78, 5) is 17.6. The molecule has 0 aliphatic carbocycles. The Labute approximate surface area is 154 Å². The van der Waals surface area contributed by atoms with Crippen LogP contribution in [0.2, 0.25) is 0 Å². The van der Waals surface area contributed by atoms with E-state index in [-0.39, 0.29) is 18.0 Å². The van der Waals surface area contributed by atoms with Crippen LogP contribution in [0.15, 0.2) is 42.6 Å². The minimum absolute atomic E-state index is 0.0369. The fraction of sp³-hybridized carbons (Fsp3) is 0.368. The van der Waals surface area contributed by atoms with Crippen LogP contribution < -0.4 is 9.47 Å². The van der Waals surface area contributed by atoms with Gasteiger partial charge in [0.15, 0.2) is 0 Å². The number of nitrogens with zero attached hydrogens (tertiary/aromatic N) is 2. The van der Waals surface area contributed by atoms with E-state index in [9.17, 15) is 18.0 Å². The van der Waals surface area contributed by atoms with Crippen molar-refractivity contribution in [1.29, 1.82) is 0 Å². The number of aromatic nitrogens is 1. The van der Waals surface area contributed by atoms with Gasteiger partial charge in [-0.25, -0.2) is 9.78 Å². The molecule has 0 spiro atoms. The van der Waals surface area contributed by atoms with Gasteiger partial charge in [0.05, 0.1) is 5.56 Å². The highest BCUT2D eigenvalue weighted by molar-refractivity contribution is 5.71. The summed E-state index contributed by atoms with van der Waals surface area (Å²) in [6.07, 6.45) is -1.09. The van der Waals surface area contributed by atoms with Gasteiger partial charge in [0.25, 0.3) is 0 Å². The first-order chi connectivity index (χ1) is 12.8. The summed E-state index contributed by atoms with van der Waals surface area (Å²) < 4.78 is 48.4. The summed E-state index contributed by atoms with van der Waals surface area (Å²) in [6, 6.07) is 8.44. The maximum Gasteiger partial charge on any atom is 0.417 e. The summed E-state index contributed by atoms with van der Waals surface area (Å²) in [7, 11) is 0. The maximum absolute atomic E-state index is 12.5. The minimum atomic E-state index is -4.44. The molecule has 1 saturated heterocycles. The molecule has 1 atom stereocenters. The molecule has 0 bridgehead atoms. The number of rotatable bonds is 3. The van der Waals surface area contributed by atoms with E-state index in [1.54, 1.807) is 29.2 Å². The number of likely N-dealkylation sites (tertiary alicyclic amines) is 1. The second-order valence-corrected chi connectivity index (χ2v) is 6.36. The Morgan fingerprint density at radius 3 is 2.41 bits per heavy atom. The van der Waals surface area contributed by atoms with Gasteiger partial charge >= 0.3 is 12.3 Å². The van der Waals surface area contributed by atoms with Gasteiger partial charge in [-0.15, -0.1) is 0 Å². The van der Waals surface area contributed by atoms with Crippen LogP contribution in [0.1, 0.15) is 31.7 Å². The summed E-state index contributed by atoms with van der Waals surface area (Å²) in [5.74, 6) is 0.772. The summed E-state index contributed by atoms with van der Waals surface area (Å²) >= 11 is 0. The topological polar surface area (TPSA) is 51.7 Å². The van der Waals surface area contributed by atoms with Crippen LogP contribution in [-0.4, -0.2) is 28.6 Å². The molecule has 1 aromatic carbocycles. The first-order valence-electron chi connectivity index (χ1n) is 8.62. The molecular formula is C19H19F3N2O3. The van der Waals surface area contributed by atoms with Gasteiger partial charge in [-0.2, -0.15) is 13.2 Å². The van der Waals surface area contributed by atoms with E-state index in [2.05, 4.69) is 4.98 Å². The van der Waals surface area contributed by atoms with Crippen LogP contribution in [0, 0.1) is 0 Å². The lowest BCUT2D eigenvalue weighted by atomic mass is 10.0. The number of piperidine rings is 1. The van der Waals surface area contributed by atoms with E-state index < -0.39 is 11.7 Å². The molecule has 5 nitrogen and oxygen atoms in total. The van der Waals surface area contributed by atoms with E-state index in [0.717, 1.165) is 31.4 Å². The fourth-order valence-electron chi connectivity index (χ4n) is 2.83. The van der Waals surface area contributed by atoms with Crippen LogP contribution in [0.25, 0.3) is 0 Å².